The van der Waals surface area contributed by atoms with Crippen LogP contribution in [0.25, 0.3) is 10.8 Å². The van der Waals surface area contributed by atoms with Crippen molar-refractivity contribution in [1.82, 2.24) is 5.01 Å². The van der Waals surface area contributed by atoms with Gasteiger partial charge in [0.05, 0.1) is 19.9 Å². The normalized spacial score (nSPS) is 20.8. The van der Waals surface area contributed by atoms with Crippen LogP contribution in [0.1, 0.15) is 29.3 Å². The van der Waals surface area contributed by atoms with Gasteiger partial charge in [-0.15, -0.1) is 0 Å². The second kappa shape index (κ2) is 8.11. The number of rotatable bonds is 5. The Morgan fingerprint density at radius 1 is 1.24 bits per heavy atom. The number of nitrogens with zero attached hydrogens (tertiary/aromatic N) is 2. The largest absolute Gasteiger partial charge is 0.495 e. The van der Waals surface area contributed by atoms with E-state index in [9.17, 15) is 4.79 Å². The van der Waals surface area contributed by atoms with E-state index in [-0.39, 0.29) is 5.97 Å². The van der Waals surface area contributed by atoms with Crippen molar-refractivity contribution in [2.45, 2.75) is 19.8 Å². The Labute approximate surface area is 171 Å². The van der Waals surface area contributed by atoms with Gasteiger partial charge in [-0.05, 0) is 41.3 Å². The fourth-order valence-electron chi connectivity index (χ4n) is 4.19. The minimum absolute atomic E-state index is 0.340. The van der Waals surface area contributed by atoms with Crippen LogP contribution in [-0.4, -0.2) is 38.0 Å². The van der Waals surface area contributed by atoms with Crippen LogP contribution in [0.4, 0.5) is 0 Å². The fraction of sp³-hybridized carbons (Fsp3) is 0.333. The van der Waals surface area contributed by atoms with E-state index < -0.39 is 0 Å². The third-order valence-corrected chi connectivity index (χ3v) is 5.76. The summed E-state index contributed by atoms with van der Waals surface area (Å²) in [7, 11) is 2.99. The zero-order chi connectivity index (χ0) is 20.4. The summed E-state index contributed by atoms with van der Waals surface area (Å²) in [5.74, 6) is 0.897. The summed E-state index contributed by atoms with van der Waals surface area (Å²) in [4.78, 5) is 12.4. The molecule has 2 aromatic rings. The first-order valence-electron chi connectivity index (χ1n) is 9.99. The lowest BCUT2D eigenvalue weighted by Gasteiger charge is -2.27. The first-order chi connectivity index (χ1) is 14.1. The summed E-state index contributed by atoms with van der Waals surface area (Å²) >= 11 is 0. The number of esters is 1. The second-order valence-corrected chi connectivity index (χ2v) is 7.54. The minimum atomic E-state index is -0.379. The van der Waals surface area contributed by atoms with Gasteiger partial charge in [0.25, 0.3) is 0 Å². The average molecular weight is 390 g/mol. The van der Waals surface area contributed by atoms with Crippen LogP contribution in [0.15, 0.2) is 59.4 Å². The molecular formula is C24H26N2O3. The second-order valence-electron chi connectivity index (χ2n) is 7.54. The molecule has 5 nitrogen and oxygen atoms in total. The Morgan fingerprint density at radius 3 is 2.69 bits per heavy atom. The number of ether oxygens (including phenoxy) is 2. The zero-order valence-corrected chi connectivity index (χ0v) is 17.1. The molecule has 150 valence electrons. The van der Waals surface area contributed by atoms with Crippen molar-refractivity contribution in [3.05, 3.63) is 65.4 Å². The average Bonchev–Trinajstić information content (AvgIpc) is 3.29. The van der Waals surface area contributed by atoms with Gasteiger partial charge in [0.2, 0.25) is 0 Å². The Balaban J connectivity index is 1.69. The minimum Gasteiger partial charge on any atom is -0.495 e. The van der Waals surface area contributed by atoms with Crippen LogP contribution >= 0.6 is 0 Å². The first-order valence-corrected chi connectivity index (χ1v) is 9.99. The summed E-state index contributed by atoms with van der Waals surface area (Å²) < 4.78 is 10.6. The molecule has 0 bridgehead atoms. The quantitative estimate of drug-likeness (QED) is 0.702. The first kappa shape index (κ1) is 19.2. The summed E-state index contributed by atoms with van der Waals surface area (Å²) in [5, 5.41) is 8.52. The lowest BCUT2D eigenvalue weighted by atomic mass is 9.82. The summed E-state index contributed by atoms with van der Waals surface area (Å²) in [6.45, 7) is 3.18. The number of fused-ring (bicyclic) bond motifs is 1. The lowest BCUT2D eigenvalue weighted by molar-refractivity contribution is 0.0597. The lowest BCUT2D eigenvalue weighted by Crippen LogP contribution is -2.20. The van der Waals surface area contributed by atoms with Crippen molar-refractivity contribution in [2.75, 3.05) is 20.8 Å². The number of benzene rings is 2. The molecule has 0 N–H and O–H groups in total. The van der Waals surface area contributed by atoms with Crippen LogP contribution in [-0.2, 0) is 11.2 Å². The van der Waals surface area contributed by atoms with Gasteiger partial charge < -0.3 is 9.47 Å². The number of hydrogen-bond acceptors (Lipinski definition) is 5. The molecule has 0 radical (unpaired) electrons. The van der Waals surface area contributed by atoms with Gasteiger partial charge in [-0.2, -0.15) is 5.10 Å². The highest BCUT2D eigenvalue weighted by Gasteiger charge is 2.24. The predicted octanol–water partition coefficient (Wildman–Crippen LogP) is 4.58. The van der Waals surface area contributed by atoms with Gasteiger partial charge in [0, 0.05) is 24.6 Å². The summed E-state index contributed by atoms with van der Waals surface area (Å²) in [6.07, 6.45) is 10.5. The van der Waals surface area contributed by atoms with Crippen LogP contribution in [0.3, 0.4) is 0 Å². The van der Waals surface area contributed by atoms with Gasteiger partial charge in [0.15, 0.2) is 0 Å². The highest BCUT2D eigenvalue weighted by Crippen LogP contribution is 2.36. The summed E-state index contributed by atoms with van der Waals surface area (Å²) in [6, 6.07) is 9.99. The maximum atomic E-state index is 12.4. The van der Waals surface area contributed by atoms with Crippen molar-refractivity contribution in [3.8, 4) is 5.75 Å². The van der Waals surface area contributed by atoms with Crippen molar-refractivity contribution < 1.29 is 14.3 Å². The SMILES string of the molecule is COC(=O)c1cc(CC2C=CC(N3CCC=N3)=CC2C)c2ccccc2c1OC. The van der Waals surface area contributed by atoms with E-state index in [4.69, 9.17) is 9.47 Å². The Hall–Kier alpha value is -3.08. The maximum absolute atomic E-state index is 12.4. The van der Waals surface area contributed by atoms with E-state index in [2.05, 4.69) is 41.3 Å². The number of carbonyl (C=O) groups is 1. The molecule has 2 aromatic carbocycles. The molecule has 0 aromatic heterocycles. The van der Waals surface area contributed by atoms with Crippen LogP contribution in [0.5, 0.6) is 5.75 Å². The molecular weight excluding hydrogens is 364 g/mol. The van der Waals surface area contributed by atoms with Gasteiger partial charge >= 0.3 is 5.97 Å². The number of methoxy groups -OCH3 is 2. The van der Waals surface area contributed by atoms with Gasteiger partial charge in [-0.25, -0.2) is 4.79 Å². The van der Waals surface area contributed by atoms with Crippen molar-refractivity contribution in [3.63, 3.8) is 0 Å². The molecule has 0 fully saturated rings. The van der Waals surface area contributed by atoms with E-state index in [0.717, 1.165) is 41.4 Å². The molecule has 0 saturated carbocycles. The topological polar surface area (TPSA) is 51.1 Å². The molecule has 1 heterocycles. The molecule has 2 unspecified atom stereocenters. The fourth-order valence-corrected chi connectivity index (χ4v) is 4.19. The van der Waals surface area contributed by atoms with E-state index in [1.54, 1.807) is 7.11 Å². The Kier molecular flexibility index (Phi) is 5.38. The predicted molar refractivity (Wildman–Crippen MR) is 115 cm³/mol. The molecule has 0 amide bonds. The van der Waals surface area contributed by atoms with Crippen molar-refractivity contribution >= 4 is 23.0 Å². The molecule has 0 spiro atoms. The standard InChI is InChI=1S/C24H26N2O3/c1-16-13-19(26-12-6-11-25-26)10-9-17(16)14-18-15-22(24(27)29-3)23(28-2)21-8-5-4-7-20(18)21/h4-5,7-11,13,15-17H,6,12,14H2,1-3H3. The smallest absolute Gasteiger partial charge is 0.341 e. The molecule has 1 aliphatic heterocycles. The van der Waals surface area contributed by atoms with Crippen LogP contribution in [0, 0.1) is 11.8 Å². The number of carbonyl (C=O) groups excluding carboxylic acids is 1. The van der Waals surface area contributed by atoms with Crippen molar-refractivity contribution in [1.29, 1.82) is 0 Å². The van der Waals surface area contributed by atoms with E-state index in [1.165, 1.54) is 7.11 Å². The monoisotopic (exact) mass is 390 g/mol. The van der Waals surface area contributed by atoms with Gasteiger partial charge in [-0.3, -0.25) is 5.01 Å². The number of allylic oxidation sites excluding steroid dienone is 3. The molecule has 29 heavy (non-hydrogen) atoms. The van der Waals surface area contributed by atoms with E-state index in [1.807, 2.05) is 30.5 Å². The molecule has 1 aliphatic carbocycles. The number of hydrogen-bond donors (Lipinski definition) is 0. The molecule has 5 heteroatoms. The Bertz CT molecular complexity index is 1020. The van der Waals surface area contributed by atoms with Crippen molar-refractivity contribution in [2.24, 2.45) is 16.9 Å². The van der Waals surface area contributed by atoms with Gasteiger partial charge in [-0.1, -0.05) is 43.3 Å². The van der Waals surface area contributed by atoms with Crippen LogP contribution < -0.4 is 4.74 Å². The molecule has 4 rings (SSSR count). The number of hydrazone groups is 1. The summed E-state index contributed by atoms with van der Waals surface area (Å²) in [5.41, 5.74) is 2.76. The van der Waals surface area contributed by atoms with E-state index in [0.29, 0.717) is 23.1 Å². The third kappa shape index (κ3) is 3.65. The molecule has 2 aliphatic rings. The van der Waals surface area contributed by atoms with Gasteiger partial charge in [0.1, 0.15) is 11.3 Å². The van der Waals surface area contributed by atoms with Crippen LogP contribution in [0.2, 0.25) is 0 Å². The Morgan fingerprint density at radius 2 is 2.03 bits per heavy atom. The van der Waals surface area contributed by atoms with E-state index >= 15 is 0 Å². The highest BCUT2D eigenvalue weighted by atomic mass is 16.5. The highest BCUT2D eigenvalue weighted by molar-refractivity contribution is 6.02. The molecule has 2 atom stereocenters. The third-order valence-electron chi connectivity index (χ3n) is 5.76. The maximum Gasteiger partial charge on any atom is 0.341 e. The molecule has 0 saturated heterocycles. The zero-order valence-electron chi connectivity index (χ0n) is 17.1.